The van der Waals surface area contributed by atoms with Crippen molar-refractivity contribution in [2.75, 3.05) is 24.5 Å². The zero-order chi connectivity index (χ0) is 26.7. The lowest BCUT2D eigenvalue weighted by Gasteiger charge is -2.37. The molecule has 3 atom stereocenters. The van der Waals surface area contributed by atoms with Crippen LogP contribution in [0.15, 0.2) is 52.7 Å². The number of aryl methyl sites for hydroxylation is 2. The van der Waals surface area contributed by atoms with Crippen LogP contribution < -0.4 is 20.1 Å². The summed E-state index contributed by atoms with van der Waals surface area (Å²) < 4.78 is 35.3. The molecule has 9 heteroatoms. The normalized spacial score (nSPS) is 19.1. The van der Waals surface area contributed by atoms with Gasteiger partial charge in [-0.05, 0) is 68.8 Å². The molecule has 0 aliphatic carbocycles. The first-order chi connectivity index (χ1) is 17.6. The third-order valence-corrected chi connectivity index (χ3v) is 10.4. The SMILES string of the molecule is COc1ccc(N(CC(C)C)S(=O)(=O)c2sc(C)nc2C)cc1C(N)[C@@H]1CCCN[C@@H]1c1ccccc1. The number of rotatable bonds is 9. The summed E-state index contributed by atoms with van der Waals surface area (Å²) in [6.45, 7) is 8.89. The molecule has 200 valence electrons. The Morgan fingerprint density at radius 3 is 2.54 bits per heavy atom. The maximum atomic E-state index is 13.9. The van der Waals surface area contributed by atoms with Crippen molar-refractivity contribution in [3.63, 3.8) is 0 Å². The monoisotopic (exact) mass is 542 g/mol. The largest absolute Gasteiger partial charge is 0.496 e. The molecule has 37 heavy (non-hydrogen) atoms. The number of anilines is 1. The molecule has 0 amide bonds. The summed E-state index contributed by atoms with van der Waals surface area (Å²) in [7, 11) is -2.17. The summed E-state index contributed by atoms with van der Waals surface area (Å²) in [4.78, 5) is 4.37. The lowest BCUT2D eigenvalue weighted by Crippen LogP contribution is -2.40. The number of thiazole rings is 1. The highest BCUT2D eigenvalue weighted by Crippen LogP contribution is 2.42. The standard InChI is InChI=1S/C28H38N4O3S2/c1-18(2)17-32(37(33,34)28-19(3)31-20(4)36-28)22-13-14-25(35-5)24(16-22)26(29)23-12-9-15-30-27(23)21-10-7-6-8-11-21/h6-8,10-11,13-14,16,18,23,26-27,30H,9,12,15,17,29H2,1-5H3/t23-,26?,27+/m0/s1. The highest BCUT2D eigenvalue weighted by Gasteiger charge is 2.35. The number of nitrogens with one attached hydrogen (secondary N) is 1. The minimum atomic E-state index is -3.80. The number of nitrogens with zero attached hydrogens (tertiary/aromatic N) is 2. The van der Waals surface area contributed by atoms with Crippen LogP contribution in [0.2, 0.25) is 0 Å². The molecule has 0 saturated carbocycles. The molecule has 1 aliphatic rings. The third kappa shape index (κ3) is 5.85. The van der Waals surface area contributed by atoms with Crippen molar-refractivity contribution in [3.05, 3.63) is 70.4 Å². The zero-order valence-corrected chi connectivity index (χ0v) is 23.9. The van der Waals surface area contributed by atoms with Gasteiger partial charge in [0.1, 0.15) is 5.75 Å². The van der Waals surface area contributed by atoms with Gasteiger partial charge in [0.15, 0.2) is 4.21 Å². The molecule has 0 radical (unpaired) electrons. The molecule has 3 N–H and O–H groups in total. The Balaban J connectivity index is 1.77. The van der Waals surface area contributed by atoms with E-state index in [-0.39, 0.29) is 28.1 Å². The molecule has 1 aliphatic heterocycles. The number of hydrogen-bond donors (Lipinski definition) is 2. The topological polar surface area (TPSA) is 97.5 Å². The average Bonchev–Trinajstić information content (AvgIpc) is 3.25. The molecule has 0 spiro atoms. The zero-order valence-electron chi connectivity index (χ0n) is 22.3. The predicted molar refractivity (Wildman–Crippen MR) is 151 cm³/mol. The summed E-state index contributed by atoms with van der Waals surface area (Å²) in [5.41, 5.74) is 10.1. The van der Waals surface area contributed by atoms with Crippen molar-refractivity contribution >= 4 is 27.0 Å². The summed E-state index contributed by atoms with van der Waals surface area (Å²) in [5.74, 6) is 0.913. The summed E-state index contributed by atoms with van der Waals surface area (Å²) in [6, 6.07) is 15.7. The van der Waals surface area contributed by atoms with Crippen LogP contribution in [0.25, 0.3) is 0 Å². The van der Waals surface area contributed by atoms with Gasteiger partial charge in [0.25, 0.3) is 10.0 Å². The highest BCUT2D eigenvalue weighted by atomic mass is 32.2. The van der Waals surface area contributed by atoms with Crippen LogP contribution in [0.5, 0.6) is 5.75 Å². The van der Waals surface area contributed by atoms with E-state index in [1.807, 2.05) is 57.2 Å². The van der Waals surface area contributed by atoms with Gasteiger partial charge in [-0.1, -0.05) is 44.2 Å². The highest BCUT2D eigenvalue weighted by molar-refractivity contribution is 7.94. The first kappa shape index (κ1) is 27.6. The van der Waals surface area contributed by atoms with E-state index < -0.39 is 10.0 Å². The molecule has 1 fully saturated rings. The molecular weight excluding hydrogens is 504 g/mol. The number of methoxy groups -OCH3 is 1. The minimum absolute atomic E-state index is 0.108. The smallest absolute Gasteiger partial charge is 0.275 e. The molecule has 7 nitrogen and oxygen atoms in total. The number of ether oxygens (including phenoxy) is 1. The van der Waals surface area contributed by atoms with E-state index in [9.17, 15) is 8.42 Å². The second-order valence-corrected chi connectivity index (χ2v) is 13.4. The van der Waals surface area contributed by atoms with Crippen molar-refractivity contribution in [2.45, 2.75) is 56.8 Å². The van der Waals surface area contributed by atoms with Crippen molar-refractivity contribution in [3.8, 4) is 5.75 Å². The minimum Gasteiger partial charge on any atom is -0.496 e. The molecule has 1 unspecified atom stereocenters. The Morgan fingerprint density at radius 2 is 1.92 bits per heavy atom. The quantitative estimate of drug-likeness (QED) is 0.378. The van der Waals surface area contributed by atoms with E-state index in [0.29, 0.717) is 23.7 Å². The van der Waals surface area contributed by atoms with Gasteiger partial charge < -0.3 is 15.8 Å². The van der Waals surface area contributed by atoms with Crippen molar-refractivity contribution in [1.82, 2.24) is 10.3 Å². The van der Waals surface area contributed by atoms with Gasteiger partial charge in [0.05, 0.1) is 23.5 Å². The summed E-state index contributed by atoms with van der Waals surface area (Å²) in [6.07, 6.45) is 2.00. The van der Waals surface area contributed by atoms with Crippen molar-refractivity contribution < 1.29 is 13.2 Å². The van der Waals surface area contributed by atoms with Gasteiger partial charge in [-0.15, -0.1) is 11.3 Å². The van der Waals surface area contributed by atoms with Crippen LogP contribution in [-0.2, 0) is 10.0 Å². The van der Waals surface area contributed by atoms with E-state index in [4.69, 9.17) is 10.5 Å². The predicted octanol–water partition coefficient (Wildman–Crippen LogP) is 5.36. The van der Waals surface area contributed by atoms with Crippen molar-refractivity contribution in [2.24, 2.45) is 17.6 Å². The number of sulfonamides is 1. The lowest BCUT2D eigenvalue weighted by atomic mass is 9.79. The van der Waals surface area contributed by atoms with Crippen LogP contribution in [0, 0.1) is 25.7 Å². The summed E-state index contributed by atoms with van der Waals surface area (Å²) in [5, 5.41) is 4.39. The maximum Gasteiger partial charge on any atom is 0.275 e. The molecule has 2 heterocycles. The van der Waals surface area contributed by atoms with Crippen molar-refractivity contribution in [1.29, 1.82) is 0 Å². The molecule has 4 rings (SSSR count). The second kappa shape index (κ2) is 11.5. The Kier molecular flexibility index (Phi) is 8.58. The molecule has 2 aromatic carbocycles. The van der Waals surface area contributed by atoms with Gasteiger partial charge in [-0.3, -0.25) is 4.31 Å². The first-order valence-electron chi connectivity index (χ1n) is 12.8. The Morgan fingerprint density at radius 1 is 1.19 bits per heavy atom. The number of aromatic nitrogens is 1. The van der Waals surface area contributed by atoms with E-state index in [0.717, 1.165) is 30.0 Å². The Bertz CT molecular complexity index is 1310. The number of hydrogen-bond acceptors (Lipinski definition) is 7. The van der Waals surface area contributed by atoms with Crippen LogP contribution in [0.3, 0.4) is 0 Å². The van der Waals surface area contributed by atoms with Gasteiger partial charge in [-0.2, -0.15) is 0 Å². The van der Waals surface area contributed by atoms with E-state index >= 15 is 0 Å². The van der Waals surface area contributed by atoms with Crippen LogP contribution in [0.4, 0.5) is 5.69 Å². The summed E-state index contributed by atoms with van der Waals surface area (Å²) >= 11 is 1.21. The van der Waals surface area contributed by atoms with Gasteiger partial charge in [0, 0.05) is 24.2 Å². The molecule has 1 saturated heterocycles. The maximum absolute atomic E-state index is 13.9. The lowest BCUT2D eigenvalue weighted by molar-refractivity contribution is 0.241. The van der Waals surface area contributed by atoms with Crippen LogP contribution >= 0.6 is 11.3 Å². The van der Waals surface area contributed by atoms with E-state index in [2.05, 4.69) is 22.4 Å². The first-order valence-corrected chi connectivity index (χ1v) is 15.1. The van der Waals surface area contributed by atoms with E-state index in [1.54, 1.807) is 14.0 Å². The fourth-order valence-corrected chi connectivity index (χ4v) is 8.42. The number of benzene rings is 2. The second-order valence-electron chi connectivity index (χ2n) is 10.1. The third-order valence-electron chi connectivity index (χ3n) is 6.90. The molecular formula is C28H38N4O3S2. The van der Waals surface area contributed by atoms with E-state index in [1.165, 1.54) is 21.2 Å². The van der Waals surface area contributed by atoms with Gasteiger partial charge >= 0.3 is 0 Å². The number of piperidine rings is 1. The fourth-order valence-electron chi connectivity index (χ4n) is 5.22. The van der Waals surface area contributed by atoms with Gasteiger partial charge in [-0.25, -0.2) is 13.4 Å². The van der Waals surface area contributed by atoms with Crippen LogP contribution in [-0.4, -0.2) is 33.6 Å². The fraction of sp³-hybridized carbons (Fsp3) is 0.464. The molecule has 1 aromatic heterocycles. The molecule has 0 bridgehead atoms. The van der Waals surface area contributed by atoms with Crippen LogP contribution in [0.1, 0.15) is 60.6 Å². The average molecular weight is 543 g/mol. The Hall–Kier alpha value is -2.46. The molecule has 3 aromatic rings. The van der Waals surface area contributed by atoms with Gasteiger partial charge in [0.2, 0.25) is 0 Å². The Labute approximate surface area is 225 Å². The number of nitrogens with two attached hydrogens (primary N) is 1.